The molecule has 1 aliphatic heterocycles. The Hall–Kier alpha value is -4.77. The quantitative estimate of drug-likeness (QED) is 0.109. The van der Waals surface area contributed by atoms with Crippen molar-refractivity contribution in [1.82, 2.24) is 9.55 Å². The third-order valence-corrected chi connectivity index (χ3v) is 5.66. The maximum absolute atomic E-state index is 12.2. The van der Waals surface area contributed by atoms with Gasteiger partial charge in [0.1, 0.15) is 30.0 Å². The number of aryl methyl sites for hydroxylation is 1. The van der Waals surface area contributed by atoms with Gasteiger partial charge in [0, 0.05) is 17.3 Å². The molecular formula is C27H26N4O7. The van der Waals surface area contributed by atoms with Crippen LogP contribution < -0.4 is 16.2 Å². The van der Waals surface area contributed by atoms with Crippen LogP contribution in [-0.4, -0.2) is 45.1 Å². The van der Waals surface area contributed by atoms with Crippen LogP contribution in [0.25, 0.3) is 0 Å². The first-order valence-electron chi connectivity index (χ1n) is 11.8. The molecule has 11 nitrogen and oxygen atoms in total. The average molecular weight is 519 g/mol. The van der Waals surface area contributed by atoms with Gasteiger partial charge in [0.15, 0.2) is 6.23 Å². The zero-order valence-electron chi connectivity index (χ0n) is 20.5. The van der Waals surface area contributed by atoms with Gasteiger partial charge < -0.3 is 25.2 Å². The second-order valence-corrected chi connectivity index (χ2v) is 8.49. The standard InChI is InChI=1S/C27H26N4O7/c1-17-2-4-18(5-3-17)26(30-35)19-6-8-20(9-7-19)38-25(33)13-12-24(32)36-16-21-10-11-23(37-21)31-15-14-22(28)29-27(31)34/h2-11,14-15,21,23,35H,12-13,16H2,1H3,(H2,28,29,34)/b30-26+. The van der Waals surface area contributed by atoms with Gasteiger partial charge in [0.25, 0.3) is 0 Å². The van der Waals surface area contributed by atoms with E-state index < -0.39 is 30.0 Å². The van der Waals surface area contributed by atoms with Crippen LogP contribution in [0.3, 0.4) is 0 Å². The summed E-state index contributed by atoms with van der Waals surface area (Å²) < 4.78 is 17.4. The Morgan fingerprint density at radius 1 is 1.03 bits per heavy atom. The number of nitrogen functional groups attached to an aromatic ring is 1. The van der Waals surface area contributed by atoms with Crippen molar-refractivity contribution < 1.29 is 29.0 Å². The Bertz CT molecular complexity index is 1410. The summed E-state index contributed by atoms with van der Waals surface area (Å²) in [7, 11) is 0. The summed E-state index contributed by atoms with van der Waals surface area (Å²) in [6, 6.07) is 15.5. The summed E-state index contributed by atoms with van der Waals surface area (Å²) in [5.74, 6) is -0.795. The van der Waals surface area contributed by atoms with Crippen molar-refractivity contribution in [2.24, 2.45) is 5.16 Å². The van der Waals surface area contributed by atoms with E-state index in [9.17, 15) is 19.6 Å². The Morgan fingerprint density at radius 3 is 2.34 bits per heavy atom. The summed E-state index contributed by atoms with van der Waals surface area (Å²) in [6.07, 6.45) is 3.21. The van der Waals surface area contributed by atoms with Crippen molar-refractivity contribution in [3.8, 4) is 5.75 Å². The molecule has 2 unspecified atom stereocenters. The minimum Gasteiger partial charge on any atom is -0.463 e. The van der Waals surface area contributed by atoms with Crippen molar-refractivity contribution in [1.29, 1.82) is 0 Å². The highest BCUT2D eigenvalue weighted by Crippen LogP contribution is 2.20. The van der Waals surface area contributed by atoms with Gasteiger partial charge in [-0.1, -0.05) is 41.1 Å². The monoisotopic (exact) mass is 518 g/mol. The molecule has 196 valence electrons. The third kappa shape index (κ3) is 6.71. The lowest BCUT2D eigenvalue weighted by Crippen LogP contribution is -2.28. The molecule has 0 saturated heterocycles. The molecule has 1 aliphatic rings. The molecule has 0 aliphatic carbocycles. The number of rotatable bonds is 9. The van der Waals surface area contributed by atoms with Crippen molar-refractivity contribution in [2.75, 3.05) is 12.3 Å². The van der Waals surface area contributed by atoms with Crippen LogP contribution in [0.1, 0.15) is 35.8 Å². The van der Waals surface area contributed by atoms with E-state index in [2.05, 4.69) is 10.1 Å². The first kappa shape index (κ1) is 26.3. The largest absolute Gasteiger partial charge is 0.463 e. The molecule has 2 aromatic carbocycles. The number of oxime groups is 1. The Kier molecular flexibility index (Phi) is 8.29. The molecule has 1 aromatic heterocycles. The minimum atomic E-state index is -0.683. The van der Waals surface area contributed by atoms with E-state index in [0.717, 1.165) is 11.1 Å². The molecule has 0 amide bonds. The Balaban J connectivity index is 1.20. The van der Waals surface area contributed by atoms with Crippen LogP contribution in [0, 0.1) is 6.92 Å². The number of esters is 2. The molecule has 11 heteroatoms. The van der Waals surface area contributed by atoms with E-state index in [4.69, 9.17) is 19.9 Å². The number of hydrogen-bond donors (Lipinski definition) is 2. The summed E-state index contributed by atoms with van der Waals surface area (Å²) in [5, 5.41) is 12.9. The molecule has 0 saturated carbocycles. The van der Waals surface area contributed by atoms with E-state index in [0.29, 0.717) is 11.3 Å². The molecule has 0 radical (unpaired) electrons. The van der Waals surface area contributed by atoms with Crippen molar-refractivity contribution in [2.45, 2.75) is 32.1 Å². The zero-order chi connectivity index (χ0) is 27.1. The van der Waals surface area contributed by atoms with Gasteiger partial charge in [-0.15, -0.1) is 0 Å². The summed E-state index contributed by atoms with van der Waals surface area (Å²) in [6.45, 7) is 1.89. The Morgan fingerprint density at radius 2 is 1.68 bits per heavy atom. The van der Waals surface area contributed by atoms with E-state index in [-0.39, 0.29) is 31.0 Å². The number of carbonyl (C=O) groups is 2. The maximum atomic E-state index is 12.2. The summed E-state index contributed by atoms with van der Waals surface area (Å²) in [4.78, 5) is 39.8. The molecule has 0 spiro atoms. The lowest BCUT2D eigenvalue weighted by Gasteiger charge is -2.16. The topological polar surface area (TPSA) is 155 Å². The zero-order valence-corrected chi connectivity index (χ0v) is 20.5. The molecule has 2 atom stereocenters. The number of ether oxygens (including phenoxy) is 3. The lowest BCUT2D eigenvalue weighted by atomic mass is 10.0. The molecule has 0 bridgehead atoms. The number of benzene rings is 2. The molecule has 2 heterocycles. The van der Waals surface area contributed by atoms with Crippen LogP contribution in [0.15, 0.2) is 82.9 Å². The van der Waals surface area contributed by atoms with E-state index in [1.807, 2.05) is 31.2 Å². The number of aromatic nitrogens is 2. The SMILES string of the molecule is Cc1ccc(/C(=N\O)c2ccc(OC(=O)CCC(=O)OCC3C=CC(n4ccc(N)nc4=O)O3)cc2)cc1. The van der Waals surface area contributed by atoms with Crippen LogP contribution in [0.5, 0.6) is 5.75 Å². The highest BCUT2D eigenvalue weighted by atomic mass is 16.6. The normalized spacial score (nSPS) is 16.8. The highest BCUT2D eigenvalue weighted by molar-refractivity contribution is 6.12. The fourth-order valence-electron chi connectivity index (χ4n) is 3.67. The van der Waals surface area contributed by atoms with Gasteiger partial charge in [-0.25, -0.2) is 4.79 Å². The van der Waals surface area contributed by atoms with Gasteiger partial charge in [0.2, 0.25) is 0 Å². The maximum Gasteiger partial charge on any atom is 0.351 e. The van der Waals surface area contributed by atoms with Gasteiger partial charge in [-0.05, 0) is 43.3 Å². The van der Waals surface area contributed by atoms with Gasteiger partial charge in [-0.2, -0.15) is 4.98 Å². The van der Waals surface area contributed by atoms with Crippen LogP contribution in [-0.2, 0) is 19.1 Å². The predicted octanol–water partition coefficient (Wildman–Crippen LogP) is 2.74. The van der Waals surface area contributed by atoms with Crippen LogP contribution >= 0.6 is 0 Å². The summed E-state index contributed by atoms with van der Waals surface area (Å²) >= 11 is 0. The number of hydrogen-bond acceptors (Lipinski definition) is 10. The number of anilines is 1. The predicted molar refractivity (Wildman–Crippen MR) is 137 cm³/mol. The minimum absolute atomic E-state index is 0.0742. The lowest BCUT2D eigenvalue weighted by molar-refractivity contribution is -0.150. The highest BCUT2D eigenvalue weighted by Gasteiger charge is 2.23. The number of nitrogens with zero attached hydrogens (tertiary/aromatic N) is 3. The smallest absolute Gasteiger partial charge is 0.351 e. The molecule has 3 aromatic rings. The number of carbonyl (C=O) groups excluding carboxylic acids is 2. The van der Waals surface area contributed by atoms with E-state index in [1.54, 1.807) is 36.4 Å². The van der Waals surface area contributed by atoms with Gasteiger partial charge in [0.05, 0.1) is 12.8 Å². The molecule has 4 rings (SSSR count). The first-order chi connectivity index (χ1) is 18.3. The van der Waals surface area contributed by atoms with Crippen LogP contribution in [0.4, 0.5) is 5.82 Å². The van der Waals surface area contributed by atoms with Gasteiger partial charge >= 0.3 is 17.6 Å². The fraction of sp³-hybridized carbons (Fsp3) is 0.222. The first-order valence-corrected chi connectivity index (χ1v) is 11.8. The second-order valence-electron chi connectivity index (χ2n) is 8.49. The van der Waals surface area contributed by atoms with E-state index >= 15 is 0 Å². The molecular weight excluding hydrogens is 492 g/mol. The van der Waals surface area contributed by atoms with Gasteiger partial charge in [-0.3, -0.25) is 14.2 Å². The molecule has 3 N–H and O–H groups in total. The molecule has 38 heavy (non-hydrogen) atoms. The average Bonchev–Trinajstić information content (AvgIpc) is 3.37. The number of nitrogens with two attached hydrogens (primary N) is 1. The Labute approximate surface area is 217 Å². The van der Waals surface area contributed by atoms with Crippen molar-refractivity contribution >= 4 is 23.5 Å². The van der Waals surface area contributed by atoms with Crippen LogP contribution in [0.2, 0.25) is 0 Å². The van der Waals surface area contributed by atoms with E-state index in [1.165, 1.54) is 16.8 Å². The third-order valence-electron chi connectivity index (χ3n) is 5.66. The fourth-order valence-corrected chi connectivity index (χ4v) is 3.67. The second kappa shape index (κ2) is 12.0. The van der Waals surface area contributed by atoms with Crippen molar-refractivity contribution in [3.63, 3.8) is 0 Å². The summed E-state index contributed by atoms with van der Waals surface area (Å²) in [5.41, 5.74) is 7.78. The molecule has 0 fully saturated rings. The van der Waals surface area contributed by atoms with Crippen molar-refractivity contribution in [3.05, 3.63) is 100 Å².